The SMILES string of the molecule is Nc1cc(C(F)(F)F)c(-c2cc(Nc3ccnc(S(=O)(=O)CI)c3)nc(N3CCOCC3)n2)cn1. The molecular weight excluding hydrogens is 602 g/mol. The van der Waals surface area contributed by atoms with Crippen molar-refractivity contribution in [2.45, 2.75) is 11.2 Å². The first kappa shape index (κ1) is 25.3. The van der Waals surface area contributed by atoms with E-state index in [1.807, 2.05) is 0 Å². The zero-order valence-corrected chi connectivity index (χ0v) is 20.9. The predicted octanol–water partition coefficient (Wildman–Crippen LogP) is 3.28. The molecule has 0 saturated carbocycles. The van der Waals surface area contributed by atoms with Gasteiger partial charge in [-0.3, -0.25) is 0 Å². The lowest BCUT2D eigenvalue weighted by molar-refractivity contribution is -0.137. The number of anilines is 4. The third kappa shape index (κ3) is 5.90. The van der Waals surface area contributed by atoms with Crippen LogP contribution in [-0.4, -0.2) is 58.4 Å². The summed E-state index contributed by atoms with van der Waals surface area (Å²) >= 11 is 1.73. The highest BCUT2D eigenvalue weighted by molar-refractivity contribution is 14.1. The Morgan fingerprint density at radius 1 is 1.14 bits per heavy atom. The summed E-state index contributed by atoms with van der Waals surface area (Å²) < 4.78 is 70.9. The van der Waals surface area contributed by atoms with Gasteiger partial charge in [-0.25, -0.2) is 23.4 Å². The van der Waals surface area contributed by atoms with E-state index in [9.17, 15) is 21.6 Å². The molecular formula is C20H19F3IN7O3S. The van der Waals surface area contributed by atoms with Crippen molar-refractivity contribution < 1.29 is 26.3 Å². The molecule has 0 aromatic carbocycles. The number of morpholine rings is 1. The number of ether oxygens (including phenoxy) is 1. The highest BCUT2D eigenvalue weighted by Gasteiger charge is 2.35. The summed E-state index contributed by atoms with van der Waals surface area (Å²) in [5.74, 6) is 0.0699. The van der Waals surface area contributed by atoms with Gasteiger partial charge in [0.1, 0.15) is 15.4 Å². The van der Waals surface area contributed by atoms with Gasteiger partial charge < -0.3 is 20.7 Å². The van der Waals surface area contributed by atoms with Gasteiger partial charge in [0.05, 0.1) is 24.5 Å². The first-order valence-electron chi connectivity index (χ1n) is 10.1. The maximum atomic E-state index is 13.8. The number of nitrogens with two attached hydrogens (primary N) is 1. The Morgan fingerprint density at radius 2 is 1.89 bits per heavy atom. The monoisotopic (exact) mass is 621 g/mol. The van der Waals surface area contributed by atoms with Crippen molar-refractivity contribution >= 4 is 55.7 Å². The number of nitrogens with zero attached hydrogens (tertiary/aromatic N) is 5. The maximum Gasteiger partial charge on any atom is 0.417 e. The highest BCUT2D eigenvalue weighted by Crippen LogP contribution is 2.38. The zero-order chi connectivity index (χ0) is 25.2. The average Bonchev–Trinajstić information content (AvgIpc) is 2.84. The Bertz CT molecular complexity index is 1340. The summed E-state index contributed by atoms with van der Waals surface area (Å²) in [5.41, 5.74) is 4.57. The number of nitrogen functional groups attached to an aromatic ring is 1. The lowest BCUT2D eigenvalue weighted by atomic mass is 10.1. The zero-order valence-electron chi connectivity index (χ0n) is 18.0. The van der Waals surface area contributed by atoms with E-state index in [1.165, 1.54) is 24.4 Å². The number of rotatable bonds is 6. The molecule has 3 aromatic rings. The van der Waals surface area contributed by atoms with Crippen LogP contribution in [0.1, 0.15) is 5.56 Å². The van der Waals surface area contributed by atoms with Crippen molar-refractivity contribution in [2.24, 2.45) is 0 Å². The minimum atomic E-state index is -4.70. The minimum absolute atomic E-state index is 0.0296. The van der Waals surface area contributed by atoms with E-state index in [0.717, 1.165) is 12.3 Å². The van der Waals surface area contributed by atoms with Gasteiger partial charge in [0, 0.05) is 42.8 Å². The van der Waals surface area contributed by atoms with Gasteiger partial charge >= 0.3 is 6.18 Å². The quantitative estimate of drug-likeness (QED) is 0.312. The first-order chi connectivity index (χ1) is 16.6. The molecule has 4 heterocycles. The fourth-order valence-electron chi connectivity index (χ4n) is 3.31. The summed E-state index contributed by atoms with van der Waals surface area (Å²) in [6, 6.07) is 4.94. The standard InChI is InChI=1S/C20H19F3IN7O3S/c21-20(22,23)14-8-16(25)27-10-13(14)15-9-17(30-19(29-15)31-3-5-34-6-4-31)28-12-1-2-26-18(7-12)35(32,33)11-24/h1-2,7-10H,3-6,11H2,(H2,25,27)(H,26,28,29,30). The normalized spacial score (nSPS) is 14.7. The third-order valence-corrected chi connectivity index (χ3v) is 8.59. The van der Waals surface area contributed by atoms with Crippen molar-refractivity contribution in [3.8, 4) is 11.3 Å². The van der Waals surface area contributed by atoms with Crippen LogP contribution in [0.3, 0.4) is 0 Å². The second-order valence-corrected chi connectivity index (χ2v) is 11.2. The molecule has 15 heteroatoms. The predicted molar refractivity (Wildman–Crippen MR) is 131 cm³/mol. The molecule has 186 valence electrons. The second-order valence-electron chi connectivity index (χ2n) is 7.42. The molecule has 0 atom stereocenters. The van der Waals surface area contributed by atoms with Crippen molar-refractivity contribution in [1.82, 2.24) is 19.9 Å². The summed E-state index contributed by atoms with van der Waals surface area (Å²) in [7, 11) is -3.58. The van der Waals surface area contributed by atoms with Gasteiger partial charge in [0.25, 0.3) is 0 Å². The molecule has 1 aliphatic rings. The molecule has 4 rings (SSSR count). The van der Waals surface area contributed by atoms with Crippen LogP contribution in [0, 0.1) is 0 Å². The molecule has 0 aliphatic carbocycles. The van der Waals surface area contributed by atoms with E-state index in [-0.39, 0.29) is 37.6 Å². The summed E-state index contributed by atoms with van der Waals surface area (Å²) in [4.78, 5) is 18.3. The maximum absolute atomic E-state index is 13.8. The van der Waals surface area contributed by atoms with Crippen molar-refractivity contribution in [1.29, 1.82) is 0 Å². The number of halogens is 4. The Labute approximate surface area is 212 Å². The van der Waals surface area contributed by atoms with E-state index in [4.69, 9.17) is 10.5 Å². The molecule has 3 aromatic heterocycles. The molecule has 1 saturated heterocycles. The topological polar surface area (TPSA) is 136 Å². The Balaban J connectivity index is 1.81. The Morgan fingerprint density at radius 3 is 2.57 bits per heavy atom. The number of aromatic nitrogens is 4. The number of sulfone groups is 1. The molecule has 10 nitrogen and oxygen atoms in total. The minimum Gasteiger partial charge on any atom is -0.384 e. The Hall–Kier alpha value is -2.79. The van der Waals surface area contributed by atoms with Crippen LogP contribution in [0.4, 0.5) is 36.4 Å². The van der Waals surface area contributed by atoms with Crippen LogP contribution in [0.5, 0.6) is 0 Å². The van der Waals surface area contributed by atoms with Gasteiger partial charge in [-0.05, 0) is 18.2 Å². The summed E-state index contributed by atoms with van der Waals surface area (Å²) in [5, 5.41) is 2.82. The first-order valence-corrected chi connectivity index (χ1v) is 13.3. The number of hydrogen-bond donors (Lipinski definition) is 2. The molecule has 0 amide bonds. The highest BCUT2D eigenvalue weighted by atomic mass is 127. The molecule has 0 radical (unpaired) electrons. The number of nitrogens with one attached hydrogen (secondary N) is 1. The summed E-state index contributed by atoms with van der Waals surface area (Å²) in [6.07, 6.45) is -2.36. The Kier molecular flexibility index (Phi) is 7.27. The number of hydrogen-bond acceptors (Lipinski definition) is 10. The van der Waals surface area contributed by atoms with Crippen LogP contribution in [-0.2, 0) is 20.8 Å². The van der Waals surface area contributed by atoms with E-state index in [2.05, 4.69) is 25.3 Å². The van der Waals surface area contributed by atoms with Gasteiger partial charge in [-0.15, -0.1) is 0 Å². The molecule has 1 fully saturated rings. The van der Waals surface area contributed by atoms with Crippen LogP contribution in [0.2, 0.25) is 0 Å². The van der Waals surface area contributed by atoms with Gasteiger partial charge in [-0.1, -0.05) is 22.6 Å². The largest absolute Gasteiger partial charge is 0.417 e. The van der Waals surface area contributed by atoms with E-state index in [0.29, 0.717) is 32.0 Å². The fourth-order valence-corrected chi connectivity index (χ4v) is 4.91. The summed E-state index contributed by atoms with van der Waals surface area (Å²) in [6.45, 7) is 1.72. The van der Waals surface area contributed by atoms with Crippen LogP contribution >= 0.6 is 22.6 Å². The smallest absolute Gasteiger partial charge is 0.384 e. The van der Waals surface area contributed by atoms with Gasteiger partial charge in [0.15, 0.2) is 5.03 Å². The van der Waals surface area contributed by atoms with Crippen LogP contribution in [0.15, 0.2) is 41.7 Å². The molecule has 0 unspecified atom stereocenters. The molecule has 35 heavy (non-hydrogen) atoms. The van der Waals surface area contributed by atoms with Crippen molar-refractivity contribution in [3.63, 3.8) is 0 Å². The average molecular weight is 621 g/mol. The molecule has 3 N–H and O–H groups in total. The lowest BCUT2D eigenvalue weighted by Gasteiger charge is -2.27. The van der Waals surface area contributed by atoms with E-state index in [1.54, 1.807) is 27.5 Å². The molecule has 1 aliphatic heterocycles. The van der Waals surface area contributed by atoms with Crippen molar-refractivity contribution in [2.75, 3.05) is 46.0 Å². The van der Waals surface area contributed by atoms with Crippen LogP contribution in [0.25, 0.3) is 11.3 Å². The van der Waals surface area contributed by atoms with E-state index < -0.39 is 21.6 Å². The van der Waals surface area contributed by atoms with Crippen LogP contribution < -0.4 is 16.0 Å². The fraction of sp³-hybridized carbons (Fsp3) is 0.300. The third-order valence-electron chi connectivity index (χ3n) is 4.98. The van der Waals surface area contributed by atoms with Gasteiger partial charge in [-0.2, -0.15) is 18.2 Å². The lowest BCUT2D eigenvalue weighted by Crippen LogP contribution is -2.37. The second kappa shape index (κ2) is 10.1. The number of pyridine rings is 2. The van der Waals surface area contributed by atoms with E-state index >= 15 is 0 Å². The van der Waals surface area contributed by atoms with Gasteiger partial charge in [0.2, 0.25) is 15.8 Å². The number of alkyl halides is 4. The molecule has 0 bridgehead atoms. The molecule has 0 spiro atoms. The van der Waals surface area contributed by atoms with Crippen molar-refractivity contribution in [3.05, 3.63) is 42.2 Å².